The Morgan fingerprint density at radius 1 is 0.632 bits per heavy atom. The molecule has 0 heterocycles. The van der Waals surface area contributed by atoms with E-state index in [1.807, 2.05) is 66.8 Å². The van der Waals surface area contributed by atoms with Gasteiger partial charge in [0.15, 0.2) is 11.5 Å². The maximum Gasteiger partial charge on any atom is 0.161 e. The number of benzene rings is 3. The smallest absolute Gasteiger partial charge is 0.161 e. The Kier molecular flexibility index (Phi) is 11.5. The van der Waals surface area contributed by atoms with Gasteiger partial charge in [-0.25, -0.2) is 0 Å². The van der Waals surface area contributed by atoms with Gasteiger partial charge in [-0.05, 0) is 67.7 Å². The van der Waals surface area contributed by atoms with Crippen LogP contribution < -0.4 is 0 Å². The Morgan fingerprint density at radius 3 is 1.32 bits per heavy atom. The number of phenols is 2. The van der Waals surface area contributed by atoms with Gasteiger partial charge in [0, 0.05) is 33.8 Å². The van der Waals surface area contributed by atoms with Gasteiger partial charge in [-0.2, -0.15) is 0 Å². The molecule has 0 amide bonds. The first-order valence-electron chi connectivity index (χ1n) is 12.8. The van der Waals surface area contributed by atoms with Crippen LogP contribution in [0.2, 0.25) is 0 Å². The molecule has 3 aromatic rings. The van der Waals surface area contributed by atoms with Gasteiger partial charge in [-0.1, -0.05) is 90.1 Å². The van der Waals surface area contributed by atoms with Gasteiger partial charge >= 0.3 is 0 Å². The molecule has 0 aliphatic heterocycles. The molecule has 0 aliphatic rings. The van der Waals surface area contributed by atoms with Crippen LogP contribution in [-0.4, -0.2) is 22.1 Å². The molecule has 0 saturated carbocycles. The third kappa shape index (κ3) is 8.56. The molecule has 0 unspecified atom stereocenters. The van der Waals surface area contributed by atoms with E-state index in [-0.39, 0.29) is 38.8 Å². The van der Waals surface area contributed by atoms with Gasteiger partial charge in [0.2, 0.25) is 0 Å². The second kappa shape index (κ2) is 13.2. The predicted molar refractivity (Wildman–Crippen MR) is 160 cm³/mol. The SMILES string of the molecule is CC(C)(C)c1ccc(C(C)(C)C)c(O)c1O.CC(C=Nc1c(C)cccc1C)=Nc1c(C)cccc1C.[Ni]. The van der Waals surface area contributed by atoms with E-state index in [2.05, 4.69) is 69.1 Å². The van der Waals surface area contributed by atoms with Crippen molar-refractivity contribution in [3.8, 4) is 11.5 Å². The summed E-state index contributed by atoms with van der Waals surface area (Å²) in [4.78, 5) is 9.30. The monoisotopic (exact) mass is 558 g/mol. The normalized spacial score (nSPS) is 12.1. The number of hydrogen-bond donors (Lipinski definition) is 2. The van der Waals surface area contributed by atoms with Crippen molar-refractivity contribution in [2.75, 3.05) is 0 Å². The minimum Gasteiger partial charge on any atom is -0.504 e. The molecule has 0 fully saturated rings. The molecule has 0 aliphatic carbocycles. The molecular weight excluding hydrogens is 515 g/mol. The Hall–Kier alpha value is -2.91. The van der Waals surface area contributed by atoms with Crippen LogP contribution in [0.25, 0.3) is 0 Å². The van der Waals surface area contributed by atoms with E-state index in [1.54, 1.807) is 0 Å². The summed E-state index contributed by atoms with van der Waals surface area (Å²) in [6.07, 6.45) is 1.85. The summed E-state index contributed by atoms with van der Waals surface area (Å²) in [7, 11) is 0. The molecule has 0 radical (unpaired) electrons. The standard InChI is InChI=1S/C19H22N2.C14H22O2.Ni/c1-13-8-6-9-14(2)18(13)20-12-17(5)21-19-15(3)10-7-11-16(19)4;1-13(2,3)9-7-8-10(14(4,5)6)12(16)11(9)15;/h6-12H,1-5H3;7-8,15-16H,1-6H3;. The van der Waals surface area contributed by atoms with E-state index >= 15 is 0 Å². The third-order valence-electron chi connectivity index (χ3n) is 6.31. The largest absolute Gasteiger partial charge is 0.504 e. The second-order valence-corrected chi connectivity index (χ2v) is 11.9. The first kappa shape index (κ1) is 33.1. The number of aryl methyl sites for hydroxylation is 4. The summed E-state index contributed by atoms with van der Waals surface area (Å²) < 4.78 is 0. The zero-order chi connectivity index (χ0) is 28.1. The number of hydrogen-bond acceptors (Lipinski definition) is 4. The topological polar surface area (TPSA) is 65.2 Å². The molecule has 38 heavy (non-hydrogen) atoms. The van der Waals surface area contributed by atoms with Crippen molar-refractivity contribution in [2.45, 2.75) is 87.0 Å². The number of phenolic OH excluding ortho intramolecular Hbond substituents is 2. The summed E-state index contributed by atoms with van der Waals surface area (Å²) in [5.41, 5.74) is 8.96. The van der Waals surface area contributed by atoms with Crippen LogP contribution in [0.1, 0.15) is 81.8 Å². The van der Waals surface area contributed by atoms with Crippen LogP contribution in [-0.2, 0) is 27.3 Å². The summed E-state index contributed by atoms with van der Waals surface area (Å²) in [6, 6.07) is 16.2. The summed E-state index contributed by atoms with van der Waals surface area (Å²) >= 11 is 0. The summed E-state index contributed by atoms with van der Waals surface area (Å²) in [5, 5.41) is 20.1. The fourth-order valence-corrected chi connectivity index (χ4v) is 4.14. The van der Waals surface area contributed by atoms with Crippen LogP contribution in [0.15, 0.2) is 58.5 Å². The van der Waals surface area contributed by atoms with Crippen molar-refractivity contribution in [1.29, 1.82) is 0 Å². The van der Waals surface area contributed by atoms with E-state index < -0.39 is 0 Å². The van der Waals surface area contributed by atoms with Crippen molar-refractivity contribution < 1.29 is 26.7 Å². The summed E-state index contributed by atoms with van der Waals surface area (Å²) in [5.74, 6) is 0.0276. The molecule has 0 atom stereocenters. The van der Waals surface area contributed by atoms with E-state index in [9.17, 15) is 10.2 Å². The van der Waals surface area contributed by atoms with Crippen LogP contribution >= 0.6 is 0 Å². The zero-order valence-electron chi connectivity index (χ0n) is 24.8. The molecule has 3 aromatic carbocycles. The van der Waals surface area contributed by atoms with Crippen molar-refractivity contribution in [2.24, 2.45) is 9.98 Å². The molecule has 0 aromatic heterocycles. The number of nitrogens with zero attached hydrogens (tertiary/aromatic N) is 2. The fourth-order valence-electron chi connectivity index (χ4n) is 4.14. The van der Waals surface area contributed by atoms with E-state index in [4.69, 9.17) is 4.99 Å². The Bertz CT molecular complexity index is 1230. The molecule has 0 spiro atoms. The van der Waals surface area contributed by atoms with Gasteiger partial charge in [0.05, 0.1) is 17.1 Å². The van der Waals surface area contributed by atoms with Crippen molar-refractivity contribution in [3.05, 3.63) is 81.9 Å². The van der Waals surface area contributed by atoms with Crippen molar-refractivity contribution in [1.82, 2.24) is 0 Å². The van der Waals surface area contributed by atoms with Gasteiger partial charge in [-0.3, -0.25) is 9.98 Å². The average Bonchev–Trinajstić information content (AvgIpc) is 2.76. The Morgan fingerprint density at radius 2 is 0.974 bits per heavy atom. The molecular formula is C33H44N2NiO2. The number of aliphatic imine (C=N–C) groups is 2. The third-order valence-corrected chi connectivity index (χ3v) is 6.31. The van der Waals surface area contributed by atoms with Crippen LogP contribution in [0.4, 0.5) is 11.4 Å². The molecule has 0 saturated heterocycles. The van der Waals surface area contributed by atoms with Gasteiger partial charge in [0.25, 0.3) is 0 Å². The first-order valence-corrected chi connectivity index (χ1v) is 12.8. The Balaban J connectivity index is 0.000000384. The van der Waals surface area contributed by atoms with Gasteiger partial charge < -0.3 is 10.2 Å². The predicted octanol–water partition coefficient (Wildman–Crippen LogP) is 9.11. The molecule has 208 valence electrons. The van der Waals surface area contributed by atoms with Gasteiger partial charge in [-0.15, -0.1) is 0 Å². The molecule has 4 nitrogen and oxygen atoms in total. The van der Waals surface area contributed by atoms with Crippen LogP contribution in [0, 0.1) is 27.7 Å². The summed E-state index contributed by atoms with van der Waals surface area (Å²) in [6.45, 7) is 22.4. The van der Waals surface area contributed by atoms with Crippen molar-refractivity contribution >= 4 is 23.3 Å². The zero-order valence-corrected chi connectivity index (χ0v) is 25.8. The van der Waals surface area contributed by atoms with Crippen molar-refractivity contribution in [3.63, 3.8) is 0 Å². The van der Waals surface area contributed by atoms with E-state index in [0.29, 0.717) is 0 Å². The minimum atomic E-state index is -0.169. The Labute approximate surface area is 239 Å². The van der Waals surface area contributed by atoms with E-state index in [1.165, 1.54) is 22.3 Å². The van der Waals surface area contributed by atoms with E-state index in [0.717, 1.165) is 28.2 Å². The first-order chi connectivity index (χ1) is 17.0. The van der Waals surface area contributed by atoms with Crippen LogP contribution in [0.5, 0.6) is 11.5 Å². The minimum absolute atomic E-state index is 0. The molecule has 0 bridgehead atoms. The quantitative estimate of drug-likeness (QED) is 0.191. The number of para-hydroxylation sites is 2. The average molecular weight is 559 g/mol. The molecule has 3 rings (SSSR count). The second-order valence-electron chi connectivity index (χ2n) is 11.9. The number of aromatic hydroxyl groups is 2. The fraction of sp³-hybridized carbons (Fsp3) is 0.394. The van der Waals surface area contributed by atoms with Gasteiger partial charge in [0.1, 0.15) is 0 Å². The molecule has 5 heteroatoms. The molecule has 2 N–H and O–H groups in total. The number of rotatable bonds is 3. The maximum absolute atomic E-state index is 10.0. The van der Waals surface area contributed by atoms with Crippen LogP contribution in [0.3, 0.4) is 0 Å². The maximum atomic E-state index is 10.0.